The summed E-state index contributed by atoms with van der Waals surface area (Å²) < 4.78 is 33.4. The number of aryl methyl sites for hydroxylation is 2. The highest BCUT2D eigenvalue weighted by Gasteiger charge is 2.28. The van der Waals surface area contributed by atoms with E-state index in [-0.39, 0.29) is 24.6 Å². The van der Waals surface area contributed by atoms with Crippen LogP contribution < -0.4 is 14.4 Å². The summed E-state index contributed by atoms with van der Waals surface area (Å²) in [4.78, 5) is 12.7. The van der Waals surface area contributed by atoms with Gasteiger partial charge in [0.05, 0.1) is 17.1 Å². The first-order valence-corrected chi connectivity index (χ1v) is 11.9. The van der Waals surface area contributed by atoms with Crippen LogP contribution >= 0.6 is 11.6 Å². The molecule has 0 atom stereocenters. The van der Waals surface area contributed by atoms with Gasteiger partial charge in [0.1, 0.15) is 18.9 Å². The second kappa shape index (κ2) is 10.5. The number of benzene rings is 3. The summed E-state index contributed by atoms with van der Waals surface area (Å²) in [5.74, 6) is 0.265. The molecule has 1 amide bonds. The third-order valence-corrected chi connectivity index (χ3v) is 6.77. The zero-order chi connectivity index (χ0) is 23.1. The van der Waals surface area contributed by atoms with Crippen LogP contribution in [0.5, 0.6) is 5.75 Å². The van der Waals surface area contributed by atoms with Gasteiger partial charge in [-0.2, -0.15) is 0 Å². The van der Waals surface area contributed by atoms with E-state index in [1.54, 1.807) is 43.3 Å². The number of nitrogens with one attached hydrogen (secondary N) is 1. The first-order chi connectivity index (χ1) is 15.3. The quantitative estimate of drug-likeness (QED) is 0.470. The maximum Gasteiger partial charge on any atom is 0.264 e. The van der Waals surface area contributed by atoms with E-state index in [0.29, 0.717) is 22.0 Å². The van der Waals surface area contributed by atoms with Crippen LogP contribution in [0.4, 0.5) is 5.69 Å². The molecule has 0 saturated carbocycles. The highest BCUT2D eigenvalue weighted by molar-refractivity contribution is 7.92. The molecule has 32 heavy (non-hydrogen) atoms. The number of nitrogens with zero attached hydrogens (tertiary/aromatic N) is 1. The molecule has 3 aromatic rings. The Morgan fingerprint density at radius 3 is 2.34 bits per heavy atom. The summed E-state index contributed by atoms with van der Waals surface area (Å²) >= 11 is 6.04. The molecular formula is C24H25ClN2O4S. The summed E-state index contributed by atoms with van der Waals surface area (Å²) in [6.07, 6.45) is 0. The molecule has 0 radical (unpaired) electrons. The monoisotopic (exact) mass is 472 g/mol. The van der Waals surface area contributed by atoms with Gasteiger partial charge < -0.3 is 10.1 Å². The Bertz CT molecular complexity index is 1170. The lowest BCUT2D eigenvalue weighted by Crippen LogP contribution is -2.42. The minimum Gasteiger partial charge on any atom is -0.492 e. The second-order valence-corrected chi connectivity index (χ2v) is 9.57. The van der Waals surface area contributed by atoms with Crippen molar-refractivity contribution >= 4 is 33.2 Å². The van der Waals surface area contributed by atoms with E-state index in [4.69, 9.17) is 16.3 Å². The predicted octanol–water partition coefficient (Wildman–Crippen LogP) is 4.35. The highest BCUT2D eigenvalue weighted by Crippen LogP contribution is 2.28. The Hall–Kier alpha value is -3.03. The van der Waals surface area contributed by atoms with Crippen LogP contribution in [0.3, 0.4) is 0 Å². The normalized spacial score (nSPS) is 11.1. The number of halogens is 1. The Morgan fingerprint density at radius 2 is 1.69 bits per heavy atom. The van der Waals surface area contributed by atoms with Crippen LogP contribution in [0, 0.1) is 13.8 Å². The smallest absolute Gasteiger partial charge is 0.264 e. The van der Waals surface area contributed by atoms with E-state index in [1.165, 1.54) is 12.1 Å². The third kappa shape index (κ3) is 6.02. The molecule has 8 heteroatoms. The Morgan fingerprint density at radius 1 is 1.00 bits per heavy atom. The number of hydrogen-bond donors (Lipinski definition) is 1. The average Bonchev–Trinajstić information content (AvgIpc) is 2.77. The molecule has 3 rings (SSSR count). The molecule has 0 heterocycles. The Balaban J connectivity index is 1.72. The van der Waals surface area contributed by atoms with Gasteiger partial charge >= 0.3 is 0 Å². The predicted molar refractivity (Wildman–Crippen MR) is 127 cm³/mol. The molecular weight excluding hydrogens is 448 g/mol. The van der Waals surface area contributed by atoms with Gasteiger partial charge in [-0.05, 0) is 61.9 Å². The molecule has 3 aromatic carbocycles. The first-order valence-electron chi connectivity index (χ1n) is 10.1. The van der Waals surface area contributed by atoms with Gasteiger partial charge in [0.15, 0.2) is 0 Å². The van der Waals surface area contributed by atoms with Crippen molar-refractivity contribution in [2.24, 2.45) is 0 Å². The molecule has 1 N–H and O–H groups in total. The lowest BCUT2D eigenvalue weighted by Gasteiger charge is -2.25. The third-order valence-electron chi connectivity index (χ3n) is 4.76. The molecule has 6 nitrogen and oxygen atoms in total. The summed E-state index contributed by atoms with van der Waals surface area (Å²) in [6, 6.07) is 20.5. The molecule has 0 aromatic heterocycles. The molecule has 0 aliphatic heterocycles. The van der Waals surface area contributed by atoms with Crippen molar-refractivity contribution in [2.75, 3.05) is 24.0 Å². The summed E-state index contributed by atoms with van der Waals surface area (Å²) in [6.45, 7) is 3.87. The summed E-state index contributed by atoms with van der Waals surface area (Å²) in [5, 5.41) is 3.21. The van der Waals surface area contributed by atoms with Crippen molar-refractivity contribution in [2.45, 2.75) is 18.7 Å². The van der Waals surface area contributed by atoms with Gasteiger partial charge in [0.2, 0.25) is 5.91 Å². The van der Waals surface area contributed by atoms with E-state index < -0.39 is 15.9 Å². The number of carbonyl (C=O) groups is 1. The minimum atomic E-state index is -3.96. The zero-order valence-electron chi connectivity index (χ0n) is 17.9. The van der Waals surface area contributed by atoms with E-state index in [2.05, 4.69) is 5.32 Å². The van der Waals surface area contributed by atoms with Crippen molar-refractivity contribution in [3.8, 4) is 5.75 Å². The molecule has 0 aliphatic rings. The van der Waals surface area contributed by atoms with E-state index >= 15 is 0 Å². The average molecular weight is 473 g/mol. The molecule has 0 saturated heterocycles. The molecule has 0 unspecified atom stereocenters. The largest absolute Gasteiger partial charge is 0.492 e. The number of ether oxygens (including phenoxy) is 1. The molecule has 0 spiro atoms. The topological polar surface area (TPSA) is 75.7 Å². The lowest BCUT2D eigenvalue weighted by molar-refractivity contribution is -0.119. The van der Waals surface area contributed by atoms with E-state index in [0.717, 1.165) is 9.87 Å². The van der Waals surface area contributed by atoms with Gasteiger partial charge in [-0.25, -0.2) is 8.42 Å². The fourth-order valence-electron chi connectivity index (χ4n) is 3.10. The number of carbonyl (C=O) groups excluding carboxylic acids is 1. The van der Waals surface area contributed by atoms with Crippen LogP contribution in [0.15, 0.2) is 77.7 Å². The van der Waals surface area contributed by atoms with Crippen LogP contribution in [-0.4, -0.2) is 34.0 Å². The number of anilines is 1. The van der Waals surface area contributed by atoms with Crippen LogP contribution in [0.1, 0.15) is 11.1 Å². The van der Waals surface area contributed by atoms with E-state index in [9.17, 15) is 13.2 Å². The van der Waals surface area contributed by atoms with Gasteiger partial charge in [0.25, 0.3) is 10.0 Å². The standard InChI is InChI=1S/C24H25ClN2O4S/c1-18-8-11-21(12-9-18)31-15-14-26-24(28)17-27(23-13-10-20(25)16-19(23)2)32(29,30)22-6-4-3-5-7-22/h3-13,16H,14-15,17H2,1-2H3,(H,26,28). The number of rotatable bonds is 9. The van der Waals surface area contributed by atoms with Crippen molar-refractivity contribution in [3.63, 3.8) is 0 Å². The van der Waals surface area contributed by atoms with Gasteiger partial charge in [0, 0.05) is 5.02 Å². The molecule has 168 valence electrons. The number of sulfonamides is 1. The van der Waals surface area contributed by atoms with Crippen molar-refractivity contribution in [3.05, 3.63) is 88.9 Å². The molecule has 0 aliphatic carbocycles. The van der Waals surface area contributed by atoms with Crippen LogP contribution in [0.25, 0.3) is 0 Å². The zero-order valence-corrected chi connectivity index (χ0v) is 19.5. The Kier molecular flexibility index (Phi) is 7.77. The fourth-order valence-corrected chi connectivity index (χ4v) is 4.83. The first kappa shape index (κ1) is 23.6. The minimum absolute atomic E-state index is 0.102. The van der Waals surface area contributed by atoms with Gasteiger partial charge in [-0.3, -0.25) is 9.10 Å². The molecule has 0 fully saturated rings. The number of amides is 1. The van der Waals surface area contributed by atoms with Gasteiger partial charge in [-0.15, -0.1) is 0 Å². The molecule has 0 bridgehead atoms. The maximum absolute atomic E-state index is 13.3. The number of hydrogen-bond acceptors (Lipinski definition) is 4. The van der Waals surface area contributed by atoms with Crippen molar-refractivity contribution in [1.29, 1.82) is 0 Å². The van der Waals surface area contributed by atoms with Crippen molar-refractivity contribution < 1.29 is 17.9 Å². The summed E-state index contributed by atoms with van der Waals surface area (Å²) in [5.41, 5.74) is 2.17. The summed E-state index contributed by atoms with van der Waals surface area (Å²) in [7, 11) is -3.96. The fraction of sp³-hybridized carbons (Fsp3) is 0.208. The van der Waals surface area contributed by atoms with Gasteiger partial charge in [-0.1, -0.05) is 47.5 Å². The lowest BCUT2D eigenvalue weighted by atomic mass is 10.2. The van der Waals surface area contributed by atoms with Crippen LogP contribution in [0.2, 0.25) is 5.02 Å². The Labute approximate surface area is 193 Å². The van der Waals surface area contributed by atoms with Crippen molar-refractivity contribution in [1.82, 2.24) is 5.32 Å². The van der Waals surface area contributed by atoms with E-state index in [1.807, 2.05) is 31.2 Å². The highest BCUT2D eigenvalue weighted by atomic mass is 35.5. The SMILES string of the molecule is Cc1ccc(OCCNC(=O)CN(c2ccc(Cl)cc2C)S(=O)(=O)c2ccccc2)cc1. The maximum atomic E-state index is 13.3. The van der Waals surface area contributed by atoms with Crippen LogP contribution in [-0.2, 0) is 14.8 Å². The second-order valence-electron chi connectivity index (χ2n) is 7.27.